The van der Waals surface area contributed by atoms with Crippen LogP contribution in [0.3, 0.4) is 0 Å². The Morgan fingerprint density at radius 2 is 2.21 bits per heavy atom. The molecule has 0 spiro atoms. The first-order valence-electron chi connectivity index (χ1n) is 4.31. The van der Waals surface area contributed by atoms with Gasteiger partial charge in [0.2, 0.25) is 0 Å². The van der Waals surface area contributed by atoms with E-state index in [0.29, 0.717) is 5.56 Å². The maximum Gasteiger partial charge on any atom is 0.126 e. The molecule has 0 aromatic heterocycles. The molecule has 78 valence electrons. The van der Waals surface area contributed by atoms with Gasteiger partial charge in [0.05, 0.1) is 5.60 Å². The largest absolute Gasteiger partial charge is 0.389 e. The topological polar surface area (TPSA) is 46.2 Å². The highest BCUT2D eigenvalue weighted by atomic mass is 79.9. The third-order valence-electron chi connectivity index (χ3n) is 2.02. The van der Waals surface area contributed by atoms with Crippen LogP contribution in [0.4, 0.5) is 4.39 Å². The van der Waals surface area contributed by atoms with Gasteiger partial charge in [0.25, 0.3) is 0 Å². The Morgan fingerprint density at radius 3 is 2.79 bits per heavy atom. The zero-order valence-corrected chi connectivity index (χ0v) is 9.51. The quantitative estimate of drug-likeness (QED) is 0.873. The lowest BCUT2D eigenvalue weighted by Gasteiger charge is -2.21. The number of benzene rings is 1. The van der Waals surface area contributed by atoms with Gasteiger partial charge in [-0.05, 0) is 30.7 Å². The molecule has 4 heteroatoms. The van der Waals surface area contributed by atoms with E-state index in [1.165, 1.54) is 6.07 Å². The van der Waals surface area contributed by atoms with E-state index in [1.54, 1.807) is 19.1 Å². The van der Waals surface area contributed by atoms with Crippen molar-refractivity contribution < 1.29 is 9.50 Å². The molecule has 0 saturated heterocycles. The lowest BCUT2D eigenvalue weighted by molar-refractivity contribution is 0.0687. The molecule has 1 unspecified atom stereocenters. The summed E-state index contributed by atoms with van der Waals surface area (Å²) in [7, 11) is 0. The fraction of sp³-hybridized carbons (Fsp3) is 0.400. The van der Waals surface area contributed by atoms with E-state index in [0.717, 1.165) is 4.47 Å². The Kier molecular flexibility index (Phi) is 3.64. The van der Waals surface area contributed by atoms with Crippen molar-refractivity contribution in [2.24, 2.45) is 5.73 Å². The minimum Gasteiger partial charge on any atom is -0.389 e. The Balaban J connectivity index is 2.91. The molecule has 1 rings (SSSR count). The van der Waals surface area contributed by atoms with Gasteiger partial charge in [0, 0.05) is 17.4 Å². The summed E-state index contributed by atoms with van der Waals surface area (Å²) < 4.78 is 14.1. The Labute approximate surface area is 91.1 Å². The van der Waals surface area contributed by atoms with Crippen LogP contribution in [0.15, 0.2) is 22.7 Å². The van der Waals surface area contributed by atoms with Gasteiger partial charge in [-0.15, -0.1) is 0 Å². The van der Waals surface area contributed by atoms with Crippen molar-refractivity contribution >= 4 is 15.9 Å². The molecule has 0 saturated carbocycles. The molecular formula is C10H13BrFNO. The van der Waals surface area contributed by atoms with E-state index in [-0.39, 0.29) is 18.8 Å². The van der Waals surface area contributed by atoms with Crippen LogP contribution in [0.5, 0.6) is 0 Å². The molecule has 0 fully saturated rings. The average Bonchev–Trinajstić information content (AvgIpc) is 2.11. The van der Waals surface area contributed by atoms with Crippen LogP contribution < -0.4 is 5.73 Å². The zero-order valence-electron chi connectivity index (χ0n) is 7.93. The first kappa shape index (κ1) is 11.6. The number of hydrogen-bond acceptors (Lipinski definition) is 2. The van der Waals surface area contributed by atoms with E-state index in [4.69, 9.17) is 5.73 Å². The van der Waals surface area contributed by atoms with Crippen molar-refractivity contribution in [1.29, 1.82) is 0 Å². The summed E-state index contributed by atoms with van der Waals surface area (Å²) >= 11 is 3.25. The molecule has 2 nitrogen and oxygen atoms in total. The molecule has 1 aromatic carbocycles. The second-order valence-corrected chi connectivity index (χ2v) is 4.53. The SMILES string of the molecule is CC(O)(CN)Cc1cc(Br)ccc1F. The maximum atomic E-state index is 13.3. The number of nitrogens with two attached hydrogens (primary N) is 1. The molecule has 0 heterocycles. The lowest BCUT2D eigenvalue weighted by Crippen LogP contribution is -2.36. The monoisotopic (exact) mass is 261 g/mol. The van der Waals surface area contributed by atoms with Gasteiger partial charge in [0.15, 0.2) is 0 Å². The fourth-order valence-electron chi connectivity index (χ4n) is 1.16. The van der Waals surface area contributed by atoms with Gasteiger partial charge >= 0.3 is 0 Å². The van der Waals surface area contributed by atoms with Gasteiger partial charge in [-0.2, -0.15) is 0 Å². The van der Waals surface area contributed by atoms with Crippen molar-refractivity contribution in [2.45, 2.75) is 18.9 Å². The molecule has 1 atom stereocenters. The average molecular weight is 262 g/mol. The minimum absolute atomic E-state index is 0.110. The zero-order chi connectivity index (χ0) is 10.8. The molecule has 0 bridgehead atoms. The summed E-state index contributed by atoms with van der Waals surface area (Å²) in [5, 5.41) is 9.68. The summed E-state index contributed by atoms with van der Waals surface area (Å²) in [5.41, 5.74) is 4.77. The van der Waals surface area contributed by atoms with Crippen molar-refractivity contribution in [3.8, 4) is 0 Å². The molecule has 0 aliphatic carbocycles. The van der Waals surface area contributed by atoms with E-state index in [9.17, 15) is 9.50 Å². The first-order valence-corrected chi connectivity index (χ1v) is 5.10. The van der Waals surface area contributed by atoms with E-state index in [1.807, 2.05) is 0 Å². The summed E-state index contributed by atoms with van der Waals surface area (Å²) in [5.74, 6) is -0.318. The second kappa shape index (κ2) is 4.38. The van der Waals surface area contributed by atoms with E-state index < -0.39 is 5.60 Å². The first-order chi connectivity index (χ1) is 6.44. The summed E-state index contributed by atoms with van der Waals surface area (Å²) in [6.45, 7) is 1.70. The normalized spacial score (nSPS) is 15.2. The molecule has 1 aromatic rings. The van der Waals surface area contributed by atoms with Gasteiger partial charge in [-0.3, -0.25) is 0 Å². The summed E-state index contributed by atoms with van der Waals surface area (Å²) in [6.07, 6.45) is 0.217. The molecule has 0 amide bonds. The minimum atomic E-state index is -1.05. The van der Waals surface area contributed by atoms with Crippen LogP contribution in [-0.4, -0.2) is 17.3 Å². The molecule has 3 N–H and O–H groups in total. The molecule has 0 aliphatic heterocycles. The van der Waals surface area contributed by atoms with Crippen LogP contribution in [0.25, 0.3) is 0 Å². The summed E-state index contributed by atoms with van der Waals surface area (Å²) in [4.78, 5) is 0. The number of rotatable bonds is 3. The molecular weight excluding hydrogens is 249 g/mol. The van der Waals surface area contributed by atoms with Crippen molar-refractivity contribution in [2.75, 3.05) is 6.54 Å². The van der Waals surface area contributed by atoms with Crippen LogP contribution in [0.1, 0.15) is 12.5 Å². The standard InChI is InChI=1S/C10H13BrFNO/c1-10(14,6-13)5-7-4-8(11)2-3-9(7)12/h2-4,14H,5-6,13H2,1H3. The van der Waals surface area contributed by atoms with Gasteiger partial charge in [-0.1, -0.05) is 15.9 Å². The molecule has 0 radical (unpaired) electrons. The Morgan fingerprint density at radius 1 is 1.57 bits per heavy atom. The highest BCUT2D eigenvalue weighted by Crippen LogP contribution is 2.19. The Bertz CT molecular complexity index is 328. The molecule has 14 heavy (non-hydrogen) atoms. The number of hydrogen-bond donors (Lipinski definition) is 2. The van der Waals surface area contributed by atoms with Crippen LogP contribution in [-0.2, 0) is 6.42 Å². The van der Waals surface area contributed by atoms with Gasteiger partial charge < -0.3 is 10.8 Å². The van der Waals surface area contributed by atoms with Crippen molar-refractivity contribution in [3.63, 3.8) is 0 Å². The second-order valence-electron chi connectivity index (χ2n) is 3.61. The van der Waals surface area contributed by atoms with E-state index >= 15 is 0 Å². The highest BCUT2D eigenvalue weighted by Gasteiger charge is 2.20. The van der Waals surface area contributed by atoms with E-state index in [2.05, 4.69) is 15.9 Å². The third kappa shape index (κ3) is 3.04. The van der Waals surface area contributed by atoms with Crippen LogP contribution in [0.2, 0.25) is 0 Å². The Hall–Kier alpha value is -0.450. The van der Waals surface area contributed by atoms with Crippen LogP contribution >= 0.6 is 15.9 Å². The van der Waals surface area contributed by atoms with Crippen LogP contribution in [0, 0.1) is 5.82 Å². The lowest BCUT2D eigenvalue weighted by atomic mass is 9.96. The van der Waals surface area contributed by atoms with Gasteiger partial charge in [0.1, 0.15) is 5.82 Å². The number of aliphatic hydroxyl groups is 1. The number of halogens is 2. The third-order valence-corrected chi connectivity index (χ3v) is 2.51. The van der Waals surface area contributed by atoms with Crippen molar-refractivity contribution in [1.82, 2.24) is 0 Å². The fourth-order valence-corrected chi connectivity index (χ4v) is 1.57. The maximum absolute atomic E-state index is 13.3. The highest BCUT2D eigenvalue weighted by molar-refractivity contribution is 9.10. The van der Waals surface area contributed by atoms with Gasteiger partial charge in [-0.25, -0.2) is 4.39 Å². The smallest absolute Gasteiger partial charge is 0.126 e. The molecule has 0 aliphatic rings. The summed E-state index contributed by atoms with van der Waals surface area (Å²) in [6, 6.07) is 4.64. The predicted molar refractivity (Wildman–Crippen MR) is 57.5 cm³/mol. The predicted octanol–water partition coefficient (Wildman–Crippen LogP) is 1.84. The van der Waals surface area contributed by atoms with Crippen molar-refractivity contribution in [3.05, 3.63) is 34.1 Å².